The molecular formula is C31H38ClN5O5S. The third kappa shape index (κ3) is 7.29. The maximum absolute atomic E-state index is 13.6. The number of aromatic nitrogens is 1. The number of esters is 1. The van der Waals surface area contributed by atoms with E-state index in [-0.39, 0.29) is 43.0 Å². The first-order chi connectivity index (χ1) is 20.3. The number of benzene rings is 2. The van der Waals surface area contributed by atoms with Crippen LogP contribution in [-0.2, 0) is 24.3 Å². The van der Waals surface area contributed by atoms with Gasteiger partial charge in [-0.25, -0.2) is 13.4 Å². The van der Waals surface area contributed by atoms with E-state index in [1.807, 2.05) is 19.1 Å². The fourth-order valence-electron chi connectivity index (χ4n) is 5.69. The predicted molar refractivity (Wildman–Crippen MR) is 166 cm³/mol. The summed E-state index contributed by atoms with van der Waals surface area (Å²) < 4.78 is 34.0. The Bertz CT molecular complexity index is 1620. The van der Waals surface area contributed by atoms with E-state index in [0.29, 0.717) is 5.02 Å². The van der Waals surface area contributed by atoms with Gasteiger partial charge in [-0.2, -0.15) is 4.31 Å². The number of piperazine rings is 1. The number of aryl methyl sites for hydroxylation is 1. The number of carbonyl (C=O) groups is 2. The van der Waals surface area contributed by atoms with E-state index < -0.39 is 21.6 Å². The van der Waals surface area contributed by atoms with Gasteiger partial charge in [-0.1, -0.05) is 23.7 Å². The summed E-state index contributed by atoms with van der Waals surface area (Å²) >= 11 is 6.08. The zero-order valence-corrected chi connectivity index (χ0v) is 26.6. The van der Waals surface area contributed by atoms with Crippen LogP contribution >= 0.6 is 11.6 Å². The van der Waals surface area contributed by atoms with E-state index in [0.717, 1.165) is 48.1 Å². The highest BCUT2D eigenvalue weighted by Gasteiger charge is 2.39. The molecule has 0 radical (unpaired) electrons. The molecule has 2 aliphatic rings. The predicted octanol–water partition coefficient (Wildman–Crippen LogP) is 4.26. The number of sulfonamides is 1. The minimum absolute atomic E-state index is 0.0916. The van der Waals surface area contributed by atoms with Crippen molar-refractivity contribution in [2.75, 3.05) is 44.2 Å². The van der Waals surface area contributed by atoms with Crippen LogP contribution in [0, 0.1) is 6.92 Å². The van der Waals surface area contributed by atoms with Gasteiger partial charge in [0.2, 0.25) is 10.0 Å². The summed E-state index contributed by atoms with van der Waals surface area (Å²) in [6.45, 7) is 8.69. The van der Waals surface area contributed by atoms with Crippen LogP contribution in [0.25, 0.3) is 10.8 Å². The monoisotopic (exact) mass is 627 g/mol. The summed E-state index contributed by atoms with van der Waals surface area (Å²) in [7, 11) is -3.93. The normalized spacial score (nSPS) is 17.6. The van der Waals surface area contributed by atoms with Crippen LogP contribution < -0.4 is 4.90 Å². The largest absolute Gasteiger partial charge is 0.459 e. The molecule has 0 bridgehead atoms. The standard InChI is InChI=1S/C31H38ClN5O5S/c1-22-17-27(9-12-33-22)34-13-10-26(11-14-34)37(21-30(39)42-31(2,3)4)36-16-15-35(20-29(36)38)43(40,41)28-8-6-23-18-25(32)7-5-24(23)19-28/h5-9,12,17-19,26H,10-11,13-16,20-21H2,1-4H3. The minimum Gasteiger partial charge on any atom is -0.459 e. The number of hydrogen-bond donors (Lipinski definition) is 0. The second-order valence-corrected chi connectivity index (χ2v) is 14.4. The highest BCUT2D eigenvalue weighted by Crippen LogP contribution is 2.28. The number of hydrogen-bond acceptors (Lipinski definition) is 8. The number of pyridine rings is 1. The van der Waals surface area contributed by atoms with Crippen LogP contribution in [0.2, 0.25) is 5.02 Å². The van der Waals surface area contributed by atoms with E-state index >= 15 is 0 Å². The Morgan fingerprint density at radius 2 is 1.72 bits per heavy atom. The van der Waals surface area contributed by atoms with Crippen molar-refractivity contribution in [3.05, 3.63) is 65.4 Å². The first kappa shape index (κ1) is 31.2. The summed E-state index contributed by atoms with van der Waals surface area (Å²) in [4.78, 5) is 33.3. The fraction of sp³-hybridized carbons (Fsp3) is 0.452. The first-order valence-electron chi connectivity index (χ1n) is 14.5. The molecule has 1 aromatic heterocycles. The summed E-state index contributed by atoms with van der Waals surface area (Å²) in [5, 5.41) is 5.49. The lowest BCUT2D eigenvalue weighted by molar-refractivity contribution is -0.174. The molecule has 2 fully saturated rings. The molecule has 5 rings (SSSR count). The van der Waals surface area contributed by atoms with Gasteiger partial charge in [-0.15, -0.1) is 0 Å². The van der Waals surface area contributed by atoms with Gasteiger partial charge in [-0.3, -0.25) is 19.6 Å². The highest BCUT2D eigenvalue weighted by atomic mass is 35.5. The number of hydrazine groups is 1. The lowest BCUT2D eigenvalue weighted by Crippen LogP contribution is -2.62. The number of ether oxygens (including phenoxy) is 1. The Morgan fingerprint density at radius 1 is 1.02 bits per heavy atom. The maximum atomic E-state index is 13.6. The van der Waals surface area contributed by atoms with E-state index in [2.05, 4.69) is 9.88 Å². The molecule has 2 aliphatic heterocycles. The lowest BCUT2D eigenvalue weighted by Gasteiger charge is -2.46. The van der Waals surface area contributed by atoms with E-state index in [1.165, 1.54) is 10.4 Å². The molecule has 0 unspecified atom stereocenters. The number of piperidine rings is 1. The molecule has 3 heterocycles. The molecular weight excluding hydrogens is 590 g/mol. The molecule has 0 atom stereocenters. The van der Waals surface area contributed by atoms with E-state index in [9.17, 15) is 18.0 Å². The Morgan fingerprint density at radius 3 is 2.40 bits per heavy atom. The fourth-order valence-corrected chi connectivity index (χ4v) is 7.29. The Labute approximate surface area is 258 Å². The van der Waals surface area contributed by atoms with Crippen molar-refractivity contribution in [3.8, 4) is 0 Å². The van der Waals surface area contributed by atoms with Crippen LogP contribution in [0.5, 0.6) is 0 Å². The molecule has 3 aromatic rings. The zero-order valence-electron chi connectivity index (χ0n) is 25.0. The van der Waals surface area contributed by atoms with Gasteiger partial charge in [0.25, 0.3) is 5.91 Å². The SMILES string of the molecule is Cc1cc(N2CCC(N(CC(=O)OC(C)(C)C)N3CCN(S(=O)(=O)c4ccc5cc(Cl)ccc5c4)CC3=O)CC2)ccn1. The average molecular weight is 628 g/mol. The van der Waals surface area contributed by atoms with Gasteiger partial charge in [0.05, 0.1) is 18.0 Å². The Kier molecular flexibility index (Phi) is 8.99. The third-order valence-corrected chi connectivity index (χ3v) is 9.80. The van der Waals surface area contributed by atoms with Crippen LogP contribution in [0.1, 0.15) is 39.3 Å². The van der Waals surface area contributed by atoms with Gasteiger partial charge >= 0.3 is 5.97 Å². The van der Waals surface area contributed by atoms with Gasteiger partial charge < -0.3 is 9.64 Å². The first-order valence-corrected chi connectivity index (χ1v) is 16.3. The molecule has 230 valence electrons. The molecule has 0 saturated carbocycles. The molecule has 2 aromatic carbocycles. The molecule has 0 spiro atoms. The quantitative estimate of drug-likeness (QED) is 0.358. The Hall–Kier alpha value is -3.25. The van der Waals surface area contributed by atoms with Crippen molar-refractivity contribution in [1.82, 2.24) is 19.3 Å². The summed E-state index contributed by atoms with van der Waals surface area (Å²) in [5.74, 6) is -0.808. The summed E-state index contributed by atoms with van der Waals surface area (Å²) in [6, 6.07) is 14.1. The topological polar surface area (TPSA) is 103 Å². The number of amides is 1. The number of rotatable bonds is 7. The molecule has 12 heteroatoms. The van der Waals surface area contributed by atoms with Crippen LogP contribution in [0.4, 0.5) is 5.69 Å². The number of fused-ring (bicyclic) bond motifs is 1. The summed E-state index contributed by atoms with van der Waals surface area (Å²) in [5.41, 5.74) is 1.36. The number of carbonyl (C=O) groups excluding carboxylic acids is 2. The van der Waals surface area contributed by atoms with Crippen molar-refractivity contribution < 1.29 is 22.7 Å². The molecule has 0 aliphatic carbocycles. The van der Waals surface area contributed by atoms with Crippen molar-refractivity contribution in [2.45, 2.75) is 57.1 Å². The van der Waals surface area contributed by atoms with Gasteiger partial charge in [0.15, 0.2) is 0 Å². The highest BCUT2D eigenvalue weighted by molar-refractivity contribution is 7.89. The number of anilines is 1. The maximum Gasteiger partial charge on any atom is 0.322 e. The average Bonchev–Trinajstić information content (AvgIpc) is 2.95. The van der Waals surface area contributed by atoms with Crippen LogP contribution in [0.3, 0.4) is 0 Å². The van der Waals surface area contributed by atoms with Gasteiger partial charge in [-0.05, 0) is 87.7 Å². The molecule has 0 N–H and O–H groups in total. The smallest absolute Gasteiger partial charge is 0.322 e. The van der Waals surface area contributed by atoms with Gasteiger partial charge in [0, 0.05) is 48.3 Å². The number of halogens is 1. The number of nitrogens with zero attached hydrogens (tertiary/aromatic N) is 5. The third-order valence-electron chi connectivity index (χ3n) is 7.72. The van der Waals surface area contributed by atoms with E-state index in [4.69, 9.17) is 16.3 Å². The molecule has 10 nitrogen and oxygen atoms in total. The molecule has 43 heavy (non-hydrogen) atoms. The van der Waals surface area contributed by atoms with Gasteiger partial charge in [0.1, 0.15) is 12.1 Å². The van der Waals surface area contributed by atoms with Crippen LogP contribution in [0.15, 0.2) is 59.6 Å². The van der Waals surface area contributed by atoms with E-state index in [1.54, 1.807) is 67.3 Å². The molecule has 2 saturated heterocycles. The zero-order chi connectivity index (χ0) is 30.9. The van der Waals surface area contributed by atoms with Crippen LogP contribution in [-0.4, -0.2) is 90.5 Å². The van der Waals surface area contributed by atoms with Crippen molar-refractivity contribution in [3.63, 3.8) is 0 Å². The lowest BCUT2D eigenvalue weighted by atomic mass is 10.0. The minimum atomic E-state index is -3.93. The Balaban J connectivity index is 1.32. The summed E-state index contributed by atoms with van der Waals surface area (Å²) in [6.07, 6.45) is 3.24. The second kappa shape index (κ2) is 12.4. The second-order valence-electron chi connectivity index (χ2n) is 12.1. The molecule has 1 amide bonds. The van der Waals surface area contributed by atoms with Crippen molar-refractivity contribution in [1.29, 1.82) is 0 Å². The van der Waals surface area contributed by atoms with Crippen molar-refractivity contribution in [2.24, 2.45) is 0 Å². The van der Waals surface area contributed by atoms with Crippen molar-refractivity contribution >= 4 is 50.0 Å².